The lowest BCUT2D eigenvalue weighted by Crippen LogP contribution is -2.17. The van der Waals surface area contributed by atoms with E-state index in [0.29, 0.717) is 11.3 Å². The van der Waals surface area contributed by atoms with E-state index in [1.807, 2.05) is 0 Å². The Balaban J connectivity index is 2.91. The van der Waals surface area contributed by atoms with Crippen molar-refractivity contribution in [3.8, 4) is 0 Å². The van der Waals surface area contributed by atoms with Gasteiger partial charge in [-0.15, -0.1) is 0 Å². The molecule has 4 heteroatoms. The number of methoxy groups -OCH3 is 1. The van der Waals surface area contributed by atoms with E-state index in [1.165, 1.54) is 25.3 Å². The minimum Gasteiger partial charge on any atom is -0.399 e. The molecule has 1 atom stereocenters. The summed E-state index contributed by atoms with van der Waals surface area (Å²) in [6.07, 6.45) is 0. The zero-order valence-corrected chi connectivity index (χ0v) is 7.46. The molecule has 0 aromatic heterocycles. The van der Waals surface area contributed by atoms with E-state index in [9.17, 15) is 4.39 Å². The topological polar surface area (TPSA) is 61.3 Å². The number of benzene rings is 1. The lowest BCUT2D eigenvalue weighted by atomic mass is 10.1. The zero-order valence-electron chi connectivity index (χ0n) is 7.46. The first-order valence-corrected chi connectivity index (χ1v) is 3.94. The molecule has 3 nitrogen and oxygen atoms in total. The number of anilines is 1. The van der Waals surface area contributed by atoms with Gasteiger partial charge in [0.05, 0.1) is 12.6 Å². The van der Waals surface area contributed by atoms with E-state index < -0.39 is 6.04 Å². The monoisotopic (exact) mass is 184 g/mol. The lowest BCUT2D eigenvalue weighted by Gasteiger charge is -2.12. The molecule has 0 spiro atoms. The van der Waals surface area contributed by atoms with Crippen molar-refractivity contribution in [3.63, 3.8) is 0 Å². The van der Waals surface area contributed by atoms with Crippen molar-refractivity contribution < 1.29 is 9.13 Å². The van der Waals surface area contributed by atoms with Crippen molar-refractivity contribution in [2.24, 2.45) is 5.73 Å². The maximum Gasteiger partial charge on any atom is 0.128 e. The third-order valence-corrected chi connectivity index (χ3v) is 1.77. The van der Waals surface area contributed by atoms with E-state index in [0.717, 1.165) is 0 Å². The van der Waals surface area contributed by atoms with Crippen LogP contribution in [0, 0.1) is 5.82 Å². The molecule has 0 saturated heterocycles. The van der Waals surface area contributed by atoms with Gasteiger partial charge in [0.25, 0.3) is 0 Å². The fourth-order valence-corrected chi connectivity index (χ4v) is 1.12. The van der Waals surface area contributed by atoms with Crippen LogP contribution >= 0.6 is 0 Å². The summed E-state index contributed by atoms with van der Waals surface area (Å²) in [5.41, 5.74) is 12.0. The molecule has 0 aliphatic rings. The first-order chi connectivity index (χ1) is 6.15. The fraction of sp³-hybridized carbons (Fsp3) is 0.333. The SMILES string of the molecule is COC[C@@H](N)c1cc(N)ccc1F. The molecule has 1 aromatic carbocycles. The summed E-state index contributed by atoms with van der Waals surface area (Å²) in [6, 6.07) is 3.87. The average Bonchev–Trinajstić information content (AvgIpc) is 2.09. The van der Waals surface area contributed by atoms with Crippen LogP contribution in [0.5, 0.6) is 0 Å². The standard InChI is InChI=1S/C9H13FN2O/c1-13-5-9(12)7-4-6(11)2-3-8(7)10/h2-4,9H,5,11-12H2,1H3/t9-/m1/s1. The Morgan fingerprint density at radius 2 is 2.23 bits per heavy atom. The normalized spacial score (nSPS) is 12.8. The largest absolute Gasteiger partial charge is 0.399 e. The first kappa shape index (κ1) is 9.95. The van der Waals surface area contributed by atoms with E-state index >= 15 is 0 Å². The van der Waals surface area contributed by atoms with Gasteiger partial charge in [-0.2, -0.15) is 0 Å². The number of hydrogen-bond donors (Lipinski definition) is 2. The van der Waals surface area contributed by atoms with Gasteiger partial charge in [-0.1, -0.05) is 0 Å². The van der Waals surface area contributed by atoms with Crippen molar-refractivity contribution in [1.82, 2.24) is 0 Å². The molecule has 0 fully saturated rings. The minimum absolute atomic E-state index is 0.278. The molecule has 1 rings (SSSR count). The van der Waals surface area contributed by atoms with Gasteiger partial charge in [-0.25, -0.2) is 4.39 Å². The molecule has 0 bridgehead atoms. The van der Waals surface area contributed by atoms with E-state index in [2.05, 4.69) is 0 Å². The maximum absolute atomic E-state index is 13.2. The molecule has 0 saturated carbocycles. The highest BCUT2D eigenvalue weighted by molar-refractivity contribution is 5.42. The van der Waals surface area contributed by atoms with Crippen LogP contribution in [0.15, 0.2) is 18.2 Å². The van der Waals surface area contributed by atoms with Gasteiger partial charge in [-0.3, -0.25) is 0 Å². The van der Waals surface area contributed by atoms with E-state index in [1.54, 1.807) is 0 Å². The number of hydrogen-bond acceptors (Lipinski definition) is 3. The van der Waals surface area contributed by atoms with Gasteiger partial charge in [0.1, 0.15) is 5.82 Å². The molecular formula is C9H13FN2O. The van der Waals surface area contributed by atoms with E-state index in [4.69, 9.17) is 16.2 Å². The summed E-state index contributed by atoms with van der Waals surface area (Å²) in [6.45, 7) is 0.278. The predicted octanol–water partition coefficient (Wildman–Crippen LogP) is 1.05. The summed E-state index contributed by atoms with van der Waals surface area (Å²) < 4.78 is 18.0. The third kappa shape index (κ3) is 2.40. The highest BCUT2D eigenvalue weighted by Gasteiger charge is 2.10. The summed E-state index contributed by atoms with van der Waals surface area (Å²) in [5, 5.41) is 0. The van der Waals surface area contributed by atoms with Crippen molar-refractivity contribution in [2.75, 3.05) is 19.5 Å². The number of nitrogen functional groups attached to an aromatic ring is 1. The second-order valence-electron chi connectivity index (χ2n) is 2.84. The van der Waals surface area contributed by atoms with Crippen LogP contribution < -0.4 is 11.5 Å². The van der Waals surface area contributed by atoms with Gasteiger partial charge in [0.2, 0.25) is 0 Å². The minimum atomic E-state index is -0.464. The highest BCUT2D eigenvalue weighted by atomic mass is 19.1. The second kappa shape index (κ2) is 4.20. The Hall–Kier alpha value is -1.13. The average molecular weight is 184 g/mol. The van der Waals surface area contributed by atoms with Crippen LogP contribution in [0.25, 0.3) is 0 Å². The number of halogens is 1. The van der Waals surface area contributed by atoms with Gasteiger partial charge in [0.15, 0.2) is 0 Å². The van der Waals surface area contributed by atoms with Gasteiger partial charge in [-0.05, 0) is 18.2 Å². The fourth-order valence-electron chi connectivity index (χ4n) is 1.12. The molecule has 1 aromatic rings. The summed E-state index contributed by atoms with van der Waals surface area (Å²) >= 11 is 0. The molecule has 0 radical (unpaired) electrons. The molecule has 4 N–H and O–H groups in total. The van der Waals surface area contributed by atoms with Crippen LogP contribution in [0.2, 0.25) is 0 Å². The maximum atomic E-state index is 13.2. The predicted molar refractivity (Wildman–Crippen MR) is 49.6 cm³/mol. The van der Waals surface area contributed by atoms with Crippen LogP contribution in [0.1, 0.15) is 11.6 Å². The summed E-state index contributed by atoms with van der Waals surface area (Å²) in [5.74, 6) is -0.348. The molecule has 72 valence electrons. The summed E-state index contributed by atoms with van der Waals surface area (Å²) in [7, 11) is 1.52. The zero-order chi connectivity index (χ0) is 9.84. The first-order valence-electron chi connectivity index (χ1n) is 3.94. The van der Waals surface area contributed by atoms with Crippen molar-refractivity contribution >= 4 is 5.69 Å². The van der Waals surface area contributed by atoms with Crippen molar-refractivity contribution in [3.05, 3.63) is 29.6 Å². The Kier molecular flexibility index (Phi) is 3.22. The van der Waals surface area contributed by atoms with Gasteiger partial charge in [0, 0.05) is 18.4 Å². The molecule has 0 amide bonds. The summed E-state index contributed by atoms with van der Waals surface area (Å²) in [4.78, 5) is 0. The molecular weight excluding hydrogens is 171 g/mol. The molecule has 0 aliphatic carbocycles. The molecule has 0 heterocycles. The second-order valence-corrected chi connectivity index (χ2v) is 2.84. The van der Waals surface area contributed by atoms with Crippen LogP contribution in [0.3, 0.4) is 0 Å². The smallest absolute Gasteiger partial charge is 0.128 e. The van der Waals surface area contributed by atoms with Crippen LogP contribution in [-0.2, 0) is 4.74 Å². The molecule has 0 unspecified atom stereocenters. The third-order valence-electron chi connectivity index (χ3n) is 1.77. The molecule has 0 aliphatic heterocycles. The van der Waals surface area contributed by atoms with Crippen LogP contribution in [0.4, 0.5) is 10.1 Å². The van der Waals surface area contributed by atoms with Gasteiger partial charge >= 0.3 is 0 Å². The lowest BCUT2D eigenvalue weighted by molar-refractivity contribution is 0.179. The highest BCUT2D eigenvalue weighted by Crippen LogP contribution is 2.18. The number of ether oxygens (including phenoxy) is 1. The van der Waals surface area contributed by atoms with Gasteiger partial charge < -0.3 is 16.2 Å². The quantitative estimate of drug-likeness (QED) is 0.690. The Morgan fingerprint density at radius 1 is 1.54 bits per heavy atom. The number of nitrogens with two attached hydrogens (primary N) is 2. The van der Waals surface area contributed by atoms with Crippen molar-refractivity contribution in [2.45, 2.75) is 6.04 Å². The van der Waals surface area contributed by atoms with Crippen LogP contribution in [-0.4, -0.2) is 13.7 Å². The number of rotatable bonds is 3. The molecule has 13 heavy (non-hydrogen) atoms. The Labute approximate surface area is 76.5 Å². The van der Waals surface area contributed by atoms with E-state index in [-0.39, 0.29) is 12.4 Å². The Morgan fingerprint density at radius 3 is 2.85 bits per heavy atom. The Bertz CT molecular complexity index is 291. The van der Waals surface area contributed by atoms with Crippen molar-refractivity contribution in [1.29, 1.82) is 0 Å².